The van der Waals surface area contributed by atoms with Crippen LogP contribution in [0.25, 0.3) is 0 Å². The molecule has 0 amide bonds. The van der Waals surface area contributed by atoms with Crippen LogP contribution in [0.2, 0.25) is 0 Å². The highest BCUT2D eigenvalue weighted by atomic mass is 16.5. The first kappa shape index (κ1) is 24.3. The highest BCUT2D eigenvalue weighted by Gasteiger charge is 2.22. The fourth-order valence-corrected chi connectivity index (χ4v) is 4.17. The molecule has 1 atom stereocenters. The van der Waals surface area contributed by atoms with Crippen LogP contribution in [0.3, 0.4) is 0 Å². The maximum absolute atomic E-state index is 5.55. The minimum absolute atomic E-state index is 0.490. The van der Waals surface area contributed by atoms with Gasteiger partial charge in [0.05, 0.1) is 19.8 Å². The van der Waals surface area contributed by atoms with Crippen LogP contribution >= 0.6 is 0 Å². The van der Waals surface area contributed by atoms with E-state index in [2.05, 4.69) is 70.1 Å². The number of benzene rings is 1. The lowest BCUT2D eigenvalue weighted by molar-refractivity contribution is 0.0132. The van der Waals surface area contributed by atoms with Gasteiger partial charge in [-0.05, 0) is 37.3 Å². The molecule has 2 N–H and O–H groups in total. The molecule has 1 fully saturated rings. The molecule has 3 rings (SSSR count). The minimum Gasteiger partial charge on any atom is -0.379 e. The number of ether oxygens (including phenoxy) is 1. The van der Waals surface area contributed by atoms with Gasteiger partial charge in [0.2, 0.25) is 0 Å². The number of nitrogens with zero attached hydrogens (tertiary/aromatic N) is 4. The molecule has 1 aliphatic rings. The Morgan fingerprint density at radius 1 is 1.19 bits per heavy atom. The zero-order valence-electron chi connectivity index (χ0n) is 20.2. The first-order valence-electron chi connectivity index (χ1n) is 11.9. The normalized spacial score (nSPS) is 16.3. The van der Waals surface area contributed by atoms with E-state index >= 15 is 0 Å². The zero-order chi connectivity index (χ0) is 22.8. The van der Waals surface area contributed by atoms with E-state index in [4.69, 9.17) is 9.73 Å². The summed E-state index contributed by atoms with van der Waals surface area (Å²) in [7, 11) is 0. The van der Waals surface area contributed by atoms with Gasteiger partial charge in [-0.15, -0.1) is 0 Å². The summed E-state index contributed by atoms with van der Waals surface area (Å²) in [5, 5.41) is 7.00. The summed E-state index contributed by atoms with van der Waals surface area (Å²) in [5.41, 5.74) is 2.48. The summed E-state index contributed by atoms with van der Waals surface area (Å²) in [4.78, 5) is 11.7. The molecule has 1 saturated heterocycles. The van der Waals surface area contributed by atoms with Crippen LogP contribution in [0.1, 0.15) is 44.1 Å². The van der Waals surface area contributed by atoms with Crippen molar-refractivity contribution in [3.05, 3.63) is 53.6 Å². The highest BCUT2D eigenvalue weighted by molar-refractivity contribution is 5.79. The molecule has 0 saturated carbocycles. The van der Waals surface area contributed by atoms with Crippen molar-refractivity contribution in [1.29, 1.82) is 0 Å². The first-order valence-corrected chi connectivity index (χ1v) is 11.9. The summed E-state index contributed by atoms with van der Waals surface area (Å²) >= 11 is 0. The average Bonchev–Trinajstić information content (AvgIpc) is 3.19. The molecule has 1 aromatic heterocycles. The van der Waals surface area contributed by atoms with Crippen molar-refractivity contribution in [3.8, 4) is 0 Å². The molecule has 1 unspecified atom stereocenters. The lowest BCUT2D eigenvalue weighted by Crippen LogP contribution is -2.51. The van der Waals surface area contributed by atoms with Gasteiger partial charge in [0.25, 0.3) is 0 Å². The minimum atomic E-state index is 0.490. The Bertz CT molecular complexity index is 840. The van der Waals surface area contributed by atoms with E-state index in [-0.39, 0.29) is 0 Å². The zero-order valence-corrected chi connectivity index (χ0v) is 20.2. The van der Waals surface area contributed by atoms with Crippen LogP contribution in [-0.4, -0.2) is 65.8 Å². The van der Waals surface area contributed by atoms with Crippen LogP contribution in [0.15, 0.2) is 41.7 Å². The predicted octanol–water partition coefficient (Wildman–Crippen LogP) is 3.04. The second-order valence-electron chi connectivity index (χ2n) is 8.93. The number of aromatic nitrogens is 2. The second kappa shape index (κ2) is 12.6. The molecule has 0 aliphatic carbocycles. The summed E-state index contributed by atoms with van der Waals surface area (Å²) in [6.45, 7) is 15.6. The molecule has 2 aromatic rings. The number of guanidine groups is 1. The van der Waals surface area contributed by atoms with Crippen LogP contribution in [0, 0.1) is 12.8 Å². The summed E-state index contributed by atoms with van der Waals surface area (Å²) in [5.74, 6) is 2.57. The Balaban J connectivity index is 1.61. The molecule has 0 radical (unpaired) electrons. The fourth-order valence-electron chi connectivity index (χ4n) is 4.17. The number of hydrogen-bond acceptors (Lipinski definition) is 4. The maximum Gasteiger partial charge on any atom is 0.191 e. The van der Waals surface area contributed by atoms with Crippen molar-refractivity contribution in [3.63, 3.8) is 0 Å². The molecule has 7 nitrogen and oxygen atoms in total. The SMILES string of the molecule is CCNC(=NCc1cccc(Cn2ccnc2C)c1)NCC(CC(C)C)N1CCOCC1. The summed E-state index contributed by atoms with van der Waals surface area (Å²) < 4.78 is 7.71. The van der Waals surface area contributed by atoms with Gasteiger partial charge >= 0.3 is 0 Å². The fraction of sp³-hybridized carbons (Fsp3) is 0.600. The smallest absolute Gasteiger partial charge is 0.191 e. The number of aliphatic imine (C=N–C) groups is 1. The van der Waals surface area contributed by atoms with Crippen molar-refractivity contribution in [2.24, 2.45) is 10.9 Å². The van der Waals surface area contributed by atoms with Gasteiger partial charge in [0.15, 0.2) is 5.96 Å². The Morgan fingerprint density at radius 2 is 1.97 bits per heavy atom. The van der Waals surface area contributed by atoms with Crippen molar-refractivity contribution in [2.45, 2.75) is 53.2 Å². The summed E-state index contributed by atoms with van der Waals surface area (Å²) in [6.07, 6.45) is 5.04. The first-order chi connectivity index (χ1) is 15.5. The van der Waals surface area contributed by atoms with E-state index < -0.39 is 0 Å². The van der Waals surface area contributed by atoms with Crippen LogP contribution < -0.4 is 10.6 Å². The Labute approximate surface area is 193 Å². The Morgan fingerprint density at radius 3 is 2.66 bits per heavy atom. The molecule has 32 heavy (non-hydrogen) atoms. The highest BCUT2D eigenvalue weighted by Crippen LogP contribution is 2.13. The summed E-state index contributed by atoms with van der Waals surface area (Å²) in [6, 6.07) is 9.15. The number of nitrogens with one attached hydrogen (secondary N) is 2. The number of morpholine rings is 1. The lowest BCUT2D eigenvalue weighted by Gasteiger charge is -2.35. The Kier molecular flexibility index (Phi) is 9.56. The van der Waals surface area contributed by atoms with E-state index in [1.54, 1.807) is 0 Å². The number of rotatable bonds is 10. The van der Waals surface area contributed by atoms with Gasteiger partial charge in [-0.3, -0.25) is 4.90 Å². The molecule has 0 bridgehead atoms. The van der Waals surface area contributed by atoms with Crippen molar-refractivity contribution >= 4 is 5.96 Å². The van der Waals surface area contributed by atoms with Crippen molar-refractivity contribution < 1.29 is 4.74 Å². The number of imidazole rings is 1. The second-order valence-corrected chi connectivity index (χ2v) is 8.93. The van der Waals surface area contributed by atoms with E-state index in [9.17, 15) is 0 Å². The quantitative estimate of drug-likeness (QED) is 0.439. The largest absolute Gasteiger partial charge is 0.379 e. The third kappa shape index (κ3) is 7.64. The third-order valence-corrected chi connectivity index (χ3v) is 5.84. The van der Waals surface area contributed by atoms with Crippen LogP contribution in [-0.2, 0) is 17.8 Å². The molecule has 1 aromatic carbocycles. The molecule has 176 valence electrons. The number of aryl methyl sites for hydroxylation is 1. The monoisotopic (exact) mass is 440 g/mol. The van der Waals surface area contributed by atoms with E-state index in [0.717, 1.165) is 57.7 Å². The molecule has 7 heteroatoms. The van der Waals surface area contributed by atoms with E-state index in [0.29, 0.717) is 18.5 Å². The van der Waals surface area contributed by atoms with Gasteiger partial charge in [0, 0.05) is 51.2 Å². The maximum atomic E-state index is 5.55. The molecular formula is C25H40N6O. The van der Waals surface area contributed by atoms with Gasteiger partial charge in [-0.25, -0.2) is 9.98 Å². The average molecular weight is 441 g/mol. The molecule has 1 aliphatic heterocycles. The van der Waals surface area contributed by atoms with Gasteiger partial charge in [-0.1, -0.05) is 38.1 Å². The van der Waals surface area contributed by atoms with E-state index in [1.165, 1.54) is 17.5 Å². The van der Waals surface area contributed by atoms with E-state index in [1.807, 2.05) is 19.3 Å². The van der Waals surface area contributed by atoms with Crippen molar-refractivity contribution in [1.82, 2.24) is 25.1 Å². The molecular weight excluding hydrogens is 400 g/mol. The lowest BCUT2D eigenvalue weighted by atomic mass is 10.0. The van der Waals surface area contributed by atoms with Crippen LogP contribution in [0.5, 0.6) is 0 Å². The molecule has 2 heterocycles. The van der Waals surface area contributed by atoms with Crippen molar-refractivity contribution in [2.75, 3.05) is 39.4 Å². The van der Waals surface area contributed by atoms with Gasteiger partial charge in [-0.2, -0.15) is 0 Å². The topological polar surface area (TPSA) is 66.7 Å². The number of hydrogen-bond donors (Lipinski definition) is 2. The van der Waals surface area contributed by atoms with Crippen LogP contribution in [0.4, 0.5) is 0 Å². The Hall–Kier alpha value is -2.38. The standard InChI is InChI=1S/C25H40N6O/c1-5-26-25(29-18-24(15-20(2)3)30-11-13-32-14-12-30)28-17-22-7-6-8-23(16-22)19-31-10-9-27-21(31)4/h6-10,16,20,24H,5,11-15,17-19H2,1-4H3,(H2,26,28,29). The van der Waals surface area contributed by atoms with Gasteiger partial charge < -0.3 is 19.9 Å². The van der Waals surface area contributed by atoms with Gasteiger partial charge in [0.1, 0.15) is 5.82 Å². The third-order valence-electron chi connectivity index (χ3n) is 5.84. The molecule has 0 spiro atoms. The predicted molar refractivity (Wildman–Crippen MR) is 131 cm³/mol.